The van der Waals surface area contributed by atoms with Crippen molar-refractivity contribution in [3.05, 3.63) is 41.7 Å². The highest BCUT2D eigenvalue weighted by Gasteiger charge is 2.27. The maximum Gasteiger partial charge on any atom is 0.310 e. The maximum absolute atomic E-state index is 12.0. The minimum atomic E-state index is -0.0975. The minimum Gasteiger partial charge on any atom is -0.466 e. The molecule has 0 bridgehead atoms. The molecule has 5 heteroatoms. The first-order valence-electron chi connectivity index (χ1n) is 8.10. The third kappa shape index (κ3) is 3.22. The number of nitriles is 1. The van der Waals surface area contributed by atoms with E-state index in [4.69, 9.17) is 4.74 Å². The lowest BCUT2D eigenvalue weighted by atomic mass is 9.97. The molecule has 23 heavy (non-hydrogen) atoms. The van der Waals surface area contributed by atoms with Gasteiger partial charge in [-0.15, -0.1) is 0 Å². The van der Waals surface area contributed by atoms with Crippen molar-refractivity contribution in [2.24, 2.45) is 5.92 Å². The zero-order valence-corrected chi connectivity index (χ0v) is 13.4. The van der Waals surface area contributed by atoms with Gasteiger partial charge >= 0.3 is 5.97 Å². The van der Waals surface area contributed by atoms with E-state index in [1.165, 1.54) is 0 Å². The quantitative estimate of drug-likeness (QED) is 0.814. The molecular formula is C18H21N3O2. The Kier molecular flexibility index (Phi) is 4.63. The van der Waals surface area contributed by atoms with Gasteiger partial charge in [0.05, 0.1) is 23.6 Å². The van der Waals surface area contributed by atoms with Gasteiger partial charge in [0.15, 0.2) is 0 Å². The van der Waals surface area contributed by atoms with E-state index in [-0.39, 0.29) is 11.9 Å². The van der Waals surface area contributed by atoms with E-state index < -0.39 is 0 Å². The molecule has 1 fully saturated rings. The van der Waals surface area contributed by atoms with Gasteiger partial charge < -0.3 is 9.14 Å². The van der Waals surface area contributed by atoms with E-state index >= 15 is 0 Å². The highest BCUT2D eigenvalue weighted by atomic mass is 16.5. The molecule has 120 valence electrons. The molecule has 1 aliphatic heterocycles. The Hall–Kier alpha value is -2.32. The summed E-state index contributed by atoms with van der Waals surface area (Å²) in [6.45, 7) is 4.62. The topological polar surface area (TPSA) is 57.7 Å². The monoisotopic (exact) mass is 311 g/mol. The first-order valence-corrected chi connectivity index (χ1v) is 8.10. The molecule has 1 aliphatic rings. The summed E-state index contributed by atoms with van der Waals surface area (Å²) in [4.78, 5) is 14.2. The van der Waals surface area contributed by atoms with Gasteiger partial charge in [-0.1, -0.05) is 6.07 Å². The predicted molar refractivity (Wildman–Crippen MR) is 86.7 cm³/mol. The van der Waals surface area contributed by atoms with Crippen molar-refractivity contribution in [3.63, 3.8) is 0 Å². The van der Waals surface area contributed by atoms with Crippen LogP contribution < -0.4 is 0 Å². The molecule has 0 aromatic carbocycles. The first-order chi connectivity index (χ1) is 11.2. The van der Waals surface area contributed by atoms with Crippen LogP contribution in [0.25, 0.3) is 5.52 Å². The van der Waals surface area contributed by atoms with E-state index in [9.17, 15) is 10.1 Å². The standard InChI is InChI=1S/C18H21N3O2/c1-2-23-18(22)14-6-5-8-20(11-14)12-15-13-21-9-4-3-7-17(21)16(15)10-19/h3-4,7,9,13-14H,2,5-6,8,11-12H2,1H3. The van der Waals surface area contributed by atoms with Crippen molar-refractivity contribution in [3.8, 4) is 6.07 Å². The van der Waals surface area contributed by atoms with Crippen LogP contribution in [0.1, 0.15) is 30.9 Å². The zero-order valence-electron chi connectivity index (χ0n) is 13.4. The predicted octanol–water partition coefficient (Wildman–Crippen LogP) is 2.59. The van der Waals surface area contributed by atoms with Crippen LogP contribution >= 0.6 is 0 Å². The summed E-state index contributed by atoms with van der Waals surface area (Å²) in [6, 6.07) is 8.18. The SMILES string of the molecule is CCOC(=O)C1CCCN(Cc2cn3ccccc3c2C#N)C1. The Bertz CT molecular complexity index is 744. The van der Waals surface area contributed by atoms with Crippen LogP contribution in [0.5, 0.6) is 0 Å². The van der Waals surface area contributed by atoms with Crippen LogP contribution in [0, 0.1) is 17.2 Å². The van der Waals surface area contributed by atoms with Crippen molar-refractivity contribution >= 4 is 11.5 Å². The van der Waals surface area contributed by atoms with Gasteiger partial charge in [0, 0.05) is 31.0 Å². The second-order valence-electron chi connectivity index (χ2n) is 5.96. The Morgan fingerprint density at radius 1 is 1.48 bits per heavy atom. The largest absolute Gasteiger partial charge is 0.466 e. The molecule has 1 unspecified atom stereocenters. The van der Waals surface area contributed by atoms with Crippen LogP contribution in [-0.2, 0) is 16.1 Å². The molecule has 0 N–H and O–H groups in total. The third-order valence-corrected chi connectivity index (χ3v) is 4.39. The average Bonchev–Trinajstić information content (AvgIpc) is 2.92. The number of carbonyl (C=O) groups is 1. The van der Waals surface area contributed by atoms with Crippen LogP contribution in [-0.4, -0.2) is 35.0 Å². The van der Waals surface area contributed by atoms with Crippen LogP contribution in [0.3, 0.4) is 0 Å². The van der Waals surface area contributed by atoms with Crippen molar-refractivity contribution in [1.29, 1.82) is 5.26 Å². The fourth-order valence-corrected chi connectivity index (χ4v) is 3.32. The number of piperidine rings is 1. The lowest BCUT2D eigenvalue weighted by molar-refractivity contribution is -0.150. The molecule has 2 aromatic rings. The summed E-state index contributed by atoms with van der Waals surface area (Å²) in [7, 11) is 0. The third-order valence-electron chi connectivity index (χ3n) is 4.39. The number of aromatic nitrogens is 1. The van der Waals surface area contributed by atoms with Gasteiger partial charge in [0.2, 0.25) is 0 Å². The van der Waals surface area contributed by atoms with Crippen LogP contribution in [0.4, 0.5) is 0 Å². The van der Waals surface area contributed by atoms with E-state index in [1.807, 2.05) is 41.9 Å². The molecule has 0 saturated carbocycles. The van der Waals surface area contributed by atoms with E-state index in [0.29, 0.717) is 19.7 Å². The van der Waals surface area contributed by atoms with Gasteiger partial charge in [-0.2, -0.15) is 5.26 Å². The van der Waals surface area contributed by atoms with E-state index in [0.717, 1.165) is 36.0 Å². The number of rotatable bonds is 4. The summed E-state index contributed by atoms with van der Waals surface area (Å²) < 4.78 is 7.14. The number of fused-ring (bicyclic) bond motifs is 1. The molecule has 0 radical (unpaired) electrons. The molecular weight excluding hydrogens is 290 g/mol. The highest BCUT2D eigenvalue weighted by Crippen LogP contribution is 2.23. The summed E-state index contributed by atoms with van der Waals surface area (Å²) >= 11 is 0. The number of esters is 1. The van der Waals surface area contributed by atoms with Gasteiger partial charge in [-0.25, -0.2) is 0 Å². The molecule has 2 aromatic heterocycles. The Balaban J connectivity index is 1.77. The molecule has 3 rings (SSSR count). The second kappa shape index (κ2) is 6.84. The molecule has 5 nitrogen and oxygen atoms in total. The van der Waals surface area contributed by atoms with Crippen LogP contribution in [0.2, 0.25) is 0 Å². The fourth-order valence-electron chi connectivity index (χ4n) is 3.32. The van der Waals surface area contributed by atoms with Gasteiger partial charge in [0.25, 0.3) is 0 Å². The minimum absolute atomic E-state index is 0.0498. The summed E-state index contributed by atoms with van der Waals surface area (Å²) in [5.41, 5.74) is 2.68. The van der Waals surface area contributed by atoms with Gasteiger partial charge in [-0.3, -0.25) is 9.69 Å². The molecule has 1 saturated heterocycles. The molecule has 0 aliphatic carbocycles. The lowest BCUT2D eigenvalue weighted by Crippen LogP contribution is -2.39. The summed E-state index contributed by atoms with van der Waals surface area (Å²) in [5, 5.41) is 9.49. The highest BCUT2D eigenvalue weighted by molar-refractivity contribution is 5.72. The molecule has 0 spiro atoms. The number of nitrogens with zero attached hydrogens (tertiary/aromatic N) is 3. The number of hydrogen-bond acceptors (Lipinski definition) is 4. The van der Waals surface area contributed by atoms with E-state index in [1.54, 1.807) is 0 Å². The number of likely N-dealkylation sites (tertiary alicyclic amines) is 1. The van der Waals surface area contributed by atoms with E-state index in [2.05, 4.69) is 11.0 Å². The number of ether oxygens (including phenoxy) is 1. The Morgan fingerprint density at radius 3 is 3.13 bits per heavy atom. The normalized spacial score (nSPS) is 18.7. The zero-order chi connectivity index (χ0) is 16.2. The number of hydrogen-bond donors (Lipinski definition) is 0. The first kappa shape index (κ1) is 15.6. The summed E-state index contributed by atoms with van der Waals surface area (Å²) in [5.74, 6) is -0.147. The molecule has 1 atom stereocenters. The van der Waals surface area contributed by atoms with Gasteiger partial charge in [-0.05, 0) is 38.4 Å². The van der Waals surface area contributed by atoms with Crippen molar-refractivity contribution in [2.45, 2.75) is 26.3 Å². The second-order valence-corrected chi connectivity index (χ2v) is 5.96. The molecule has 0 amide bonds. The number of pyridine rings is 1. The van der Waals surface area contributed by atoms with Crippen molar-refractivity contribution in [2.75, 3.05) is 19.7 Å². The van der Waals surface area contributed by atoms with Gasteiger partial charge in [0.1, 0.15) is 6.07 Å². The lowest BCUT2D eigenvalue weighted by Gasteiger charge is -2.31. The Morgan fingerprint density at radius 2 is 2.35 bits per heavy atom. The summed E-state index contributed by atoms with van der Waals surface area (Å²) in [6.07, 6.45) is 5.84. The smallest absolute Gasteiger partial charge is 0.310 e. The van der Waals surface area contributed by atoms with Crippen molar-refractivity contribution in [1.82, 2.24) is 9.30 Å². The maximum atomic E-state index is 12.0. The number of carbonyl (C=O) groups excluding carboxylic acids is 1. The fraction of sp³-hybridized carbons (Fsp3) is 0.444. The average molecular weight is 311 g/mol. The Labute approximate surface area is 136 Å². The van der Waals surface area contributed by atoms with Crippen LogP contribution in [0.15, 0.2) is 30.6 Å². The van der Waals surface area contributed by atoms with Crippen molar-refractivity contribution < 1.29 is 9.53 Å². The molecule has 3 heterocycles.